The Morgan fingerprint density at radius 1 is 1.00 bits per heavy atom. The van der Waals surface area contributed by atoms with E-state index in [9.17, 15) is 9.59 Å². The molecule has 0 bridgehead atoms. The third kappa shape index (κ3) is 6.65. The number of nitrogens with zero attached hydrogens (tertiary/aromatic N) is 2. The van der Waals surface area contributed by atoms with Gasteiger partial charge >= 0.3 is 0 Å². The van der Waals surface area contributed by atoms with E-state index >= 15 is 0 Å². The molecule has 0 spiro atoms. The van der Waals surface area contributed by atoms with Gasteiger partial charge in [0.2, 0.25) is 11.8 Å². The average molecular weight is 476 g/mol. The molecule has 6 heteroatoms. The van der Waals surface area contributed by atoms with Gasteiger partial charge in [-0.2, -0.15) is 0 Å². The Kier molecular flexibility index (Phi) is 8.45. The van der Waals surface area contributed by atoms with Crippen LogP contribution in [-0.2, 0) is 22.6 Å². The maximum Gasteiger partial charge on any atom is 0.242 e. The second-order valence-electron chi connectivity index (χ2n) is 9.39. The molecule has 1 heterocycles. The number of ether oxygens (including phenoxy) is 1. The van der Waals surface area contributed by atoms with E-state index in [1.165, 1.54) is 10.9 Å². The van der Waals surface area contributed by atoms with Crippen molar-refractivity contribution in [3.8, 4) is 5.75 Å². The number of nitrogens with one attached hydrogen (secondary N) is 1. The number of carbonyl (C=O) groups is 2. The first kappa shape index (κ1) is 24.8. The lowest BCUT2D eigenvalue weighted by Gasteiger charge is -2.28. The number of rotatable bonds is 13. The van der Waals surface area contributed by atoms with Crippen LogP contribution in [0.4, 0.5) is 0 Å². The van der Waals surface area contributed by atoms with E-state index in [1.807, 2.05) is 54.4 Å². The van der Waals surface area contributed by atoms with Crippen molar-refractivity contribution < 1.29 is 14.3 Å². The van der Waals surface area contributed by atoms with Gasteiger partial charge in [0.1, 0.15) is 5.75 Å². The third-order valence-corrected chi connectivity index (χ3v) is 6.63. The minimum atomic E-state index is 0.00355. The van der Waals surface area contributed by atoms with E-state index in [1.54, 1.807) is 4.90 Å². The topological polar surface area (TPSA) is 65.6 Å². The Bertz CT molecular complexity index is 1120. The number of unbranched alkanes of at least 4 members (excludes halogenated alkanes) is 1. The van der Waals surface area contributed by atoms with E-state index in [0.717, 1.165) is 48.9 Å². The highest BCUT2D eigenvalue weighted by molar-refractivity contribution is 5.87. The van der Waals surface area contributed by atoms with Crippen LogP contribution in [0, 0.1) is 5.92 Å². The van der Waals surface area contributed by atoms with Crippen molar-refractivity contribution >= 4 is 22.7 Å². The smallest absolute Gasteiger partial charge is 0.242 e. The van der Waals surface area contributed by atoms with Crippen LogP contribution >= 0.6 is 0 Å². The van der Waals surface area contributed by atoms with Gasteiger partial charge in [-0.05, 0) is 61.9 Å². The summed E-state index contributed by atoms with van der Waals surface area (Å²) in [6, 6.07) is 16.2. The molecule has 3 aromatic rings. The Hall–Kier alpha value is -3.28. The minimum absolute atomic E-state index is 0.00355. The van der Waals surface area contributed by atoms with Gasteiger partial charge in [-0.15, -0.1) is 0 Å². The number of hydrogen-bond acceptors (Lipinski definition) is 3. The van der Waals surface area contributed by atoms with Gasteiger partial charge in [-0.25, -0.2) is 0 Å². The van der Waals surface area contributed by atoms with Crippen molar-refractivity contribution in [1.82, 2.24) is 14.8 Å². The first-order chi connectivity index (χ1) is 17.1. The predicted octanol–water partition coefficient (Wildman–Crippen LogP) is 5.18. The molecule has 35 heavy (non-hydrogen) atoms. The normalized spacial score (nSPS) is 13.1. The summed E-state index contributed by atoms with van der Waals surface area (Å²) in [5.41, 5.74) is 3.35. The molecule has 0 aliphatic heterocycles. The van der Waals surface area contributed by atoms with Gasteiger partial charge in [-0.3, -0.25) is 9.59 Å². The number of hydrogen-bond donors (Lipinski definition) is 1. The number of H-pyrrole nitrogens is 1. The summed E-state index contributed by atoms with van der Waals surface area (Å²) in [5, 5.41) is 1.19. The van der Waals surface area contributed by atoms with Crippen molar-refractivity contribution in [3.63, 3.8) is 0 Å². The summed E-state index contributed by atoms with van der Waals surface area (Å²) in [4.78, 5) is 33.4. The van der Waals surface area contributed by atoms with Gasteiger partial charge in [0.05, 0.1) is 13.2 Å². The fourth-order valence-electron chi connectivity index (χ4n) is 4.43. The molecular weight excluding hydrogens is 438 g/mol. The third-order valence-electron chi connectivity index (χ3n) is 6.63. The summed E-state index contributed by atoms with van der Waals surface area (Å²) < 4.78 is 5.57. The largest absolute Gasteiger partial charge is 0.494 e. The zero-order valence-corrected chi connectivity index (χ0v) is 21.0. The van der Waals surface area contributed by atoms with Crippen molar-refractivity contribution in [2.24, 2.45) is 5.92 Å². The molecule has 1 aliphatic rings. The van der Waals surface area contributed by atoms with Crippen LogP contribution in [0.5, 0.6) is 5.75 Å². The summed E-state index contributed by atoms with van der Waals surface area (Å²) in [6.07, 6.45) is 6.60. The molecule has 1 fully saturated rings. The second-order valence-corrected chi connectivity index (χ2v) is 9.39. The zero-order chi connectivity index (χ0) is 24.6. The predicted molar refractivity (Wildman–Crippen MR) is 139 cm³/mol. The zero-order valence-electron chi connectivity index (χ0n) is 21.0. The van der Waals surface area contributed by atoms with Crippen LogP contribution < -0.4 is 4.74 Å². The van der Waals surface area contributed by atoms with Crippen molar-refractivity contribution in [3.05, 3.63) is 65.9 Å². The number of benzene rings is 2. The highest BCUT2D eigenvalue weighted by Crippen LogP contribution is 2.31. The molecule has 0 unspecified atom stereocenters. The van der Waals surface area contributed by atoms with Crippen LogP contribution in [0.15, 0.2) is 54.7 Å². The lowest BCUT2D eigenvalue weighted by atomic mass is 10.1. The molecule has 0 atom stereocenters. The molecule has 2 aromatic carbocycles. The molecule has 6 nitrogen and oxygen atoms in total. The molecule has 1 aromatic heterocycles. The van der Waals surface area contributed by atoms with Crippen molar-refractivity contribution in [1.29, 1.82) is 0 Å². The van der Waals surface area contributed by atoms with Crippen LogP contribution in [-0.4, -0.2) is 52.8 Å². The molecule has 186 valence electrons. The monoisotopic (exact) mass is 475 g/mol. The molecule has 4 rings (SSSR count). The van der Waals surface area contributed by atoms with Gasteiger partial charge in [-0.1, -0.05) is 43.7 Å². The van der Waals surface area contributed by atoms with Crippen LogP contribution in [0.25, 0.3) is 10.9 Å². The van der Waals surface area contributed by atoms with E-state index < -0.39 is 0 Å². The number of para-hydroxylation sites is 1. The molecule has 2 amide bonds. The maximum atomic E-state index is 13.6. The number of aromatic nitrogens is 1. The second kappa shape index (κ2) is 11.9. The highest BCUT2D eigenvalue weighted by Gasteiger charge is 2.34. The van der Waals surface area contributed by atoms with Gasteiger partial charge in [0.15, 0.2) is 0 Å². The Balaban J connectivity index is 1.49. The summed E-state index contributed by atoms with van der Waals surface area (Å²) in [7, 11) is 0. The average Bonchev–Trinajstić information content (AvgIpc) is 3.65. The Morgan fingerprint density at radius 3 is 2.49 bits per heavy atom. The minimum Gasteiger partial charge on any atom is -0.494 e. The molecule has 1 N–H and O–H groups in total. The molecule has 0 saturated heterocycles. The van der Waals surface area contributed by atoms with Crippen LogP contribution in [0.1, 0.15) is 50.7 Å². The Morgan fingerprint density at radius 2 is 1.77 bits per heavy atom. The number of amides is 2. The number of aromatic amines is 1. The standard InChI is InChI=1S/C29H37N3O3/c1-3-5-17-32(29(34)23-12-13-23)21-28(33)31(20-22-10-14-25(15-11-22)35-4-2)18-16-24-19-30-27-9-7-6-8-26(24)27/h6-11,14-15,19,23,30H,3-5,12-13,16-18,20-21H2,1-2H3. The summed E-state index contributed by atoms with van der Waals surface area (Å²) >= 11 is 0. The SMILES string of the molecule is CCCCN(CC(=O)N(CCc1c[nH]c2ccccc12)Cc1ccc(OCC)cc1)C(=O)C1CC1. The van der Waals surface area contributed by atoms with E-state index in [-0.39, 0.29) is 24.3 Å². The van der Waals surface area contributed by atoms with E-state index in [0.29, 0.717) is 26.2 Å². The molecule has 0 radical (unpaired) electrons. The maximum absolute atomic E-state index is 13.6. The highest BCUT2D eigenvalue weighted by atomic mass is 16.5. The van der Waals surface area contributed by atoms with Crippen LogP contribution in [0.3, 0.4) is 0 Å². The first-order valence-electron chi connectivity index (χ1n) is 12.9. The summed E-state index contributed by atoms with van der Waals surface area (Å²) in [5.74, 6) is 1.09. The van der Waals surface area contributed by atoms with E-state index in [2.05, 4.69) is 24.0 Å². The first-order valence-corrected chi connectivity index (χ1v) is 12.9. The lowest BCUT2D eigenvalue weighted by molar-refractivity contribution is -0.141. The fourth-order valence-corrected chi connectivity index (χ4v) is 4.43. The fraction of sp³-hybridized carbons (Fsp3) is 0.448. The van der Waals surface area contributed by atoms with Crippen molar-refractivity contribution in [2.45, 2.75) is 52.5 Å². The number of fused-ring (bicyclic) bond motifs is 1. The van der Waals surface area contributed by atoms with Gasteiger partial charge in [0.25, 0.3) is 0 Å². The van der Waals surface area contributed by atoms with Gasteiger partial charge < -0.3 is 19.5 Å². The molecule has 1 saturated carbocycles. The summed E-state index contributed by atoms with van der Waals surface area (Å²) in [6.45, 7) is 6.60. The van der Waals surface area contributed by atoms with Crippen LogP contribution in [0.2, 0.25) is 0 Å². The Labute approximate surface area is 208 Å². The van der Waals surface area contributed by atoms with E-state index in [4.69, 9.17) is 4.74 Å². The van der Waals surface area contributed by atoms with Gasteiger partial charge in [0, 0.05) is 42.7 Å². The molecule has 1 aliphatic carbocycles. The lowest BCUT2D eigenvalue weighted by Crippen LogP contribution is -2.44. The molecular formula is C29H37N3O3. The van der Waals surface area contributed by atoms with Crippen molar-refractivity contribution in [2.75, 3.05) is 26.2 Å². The quantitative estimate of drug-likeness (QED) is 0.371. The number of carbonyl (C=O) groups excluding carboxylic acids is 2.